The maximum Gasteiger partial charge on any atom is 0.0455 e. The minimum absolute atomic E-state index is 0.239. The van der Waals surface area contributed by atoms with Crippen molar-refractivity contribution in [1.29, 1.82) is 0 Å². The first-order valence-electron chi connectivity index (χ1n) is 4.27. The van der Waals surface area contributed by atoms with E-state index in [2.05, 4.69) is 0 Å². The summed E-state index contributed by atoms with van der Waals surface area (Å²) in [6.07, 6.45) is 0. The molecule has 0 saturated heterocycles. The second-order valence-corrected chi connectivity index (χ2v) is 5.48. The maximum absolute atomic E-state index is 10.9. The van der Waals surface area contributed by atoms with Crippen LogP contribution >= 0.6 is 0 Å². The zero-order valence-electron chi connectivity index (χ0n) is 8.89. The van der Waals surface area contributed by atoms with Crippen molar-refractivity contribution >= 4 is 5.97 Å². The third kappa shape index (κ3) is 2.84. The predicted octanol–water partition coefficient (Wildman–Crippen LogP) is 1.44. The first kappa shape index (κ1) is 11.5. The van der Waals surface area contributed by atoms with Crippen LogP contribution in [0, 0.1) is 16.7 Å². The van der Waals surface area contributed by atoms with Gasteiger partial charge < -0.3 is 9.90 Å². The van der Waals surface area contributed by atoms with Gasteiger partial charge in [0.05, 0.1) is 0 Å². The third-order valence-electron chi connectivity index (χ3n) is 1.97. The number of hydrogen-bond acceptors (Lipinski definition) is 2. The number of hydrogen-bond donors (Lipinski definition) is 0. The Bertz CT molecular complexity index is 155. The van der Waals surface area contributed by atoms with Crippen LogP contribution in [0.2, 0.25) is 0 Å². The minimum atomic E-state index is -0.949. The highest BCUT2D eigenvalue weighted by Gasteiger charge is 2.35. The summed E-state index contributed by atoms with van der Waals surface area (Å²) in [4.78, 5) is 10.9. The lowest BCUT2D eigenvalue weighted by Crippen LogP contribution is -2.46. The molecule has 0 aliphatic rings. The van der Waals surface area contributed by atoms with E-state index in [1.165, 1.54) is 0 Å². The molecule has 0 spiro atoms. The number of aliphatic carboxylic acids is 1. The Balaban J connectivity index is 4.82. The van der Waals surface area contributed by atoms with Crippen LogP contribution in [-0.2, 0) is 4.79 Å². The minimum Gasteiger partial charge on any atom is -0.550 e. The number of carboxylic acid groups (broad SMARTS) is 1. The van der Waals surface area contributed by atoms with Gasteiger partial charge in [-0.2, -0.15) is 0 Å². The summed E-state index contributed by atoms with van der Waals surface area (Å²) >= 11 is 0. The zero-order valence-corrected chi connectivity index (χ0v) is 8.89. The molecule has 0 unspecified atom stereocenters. The molecule has 0 amide bonds. The van der Waals surface area contributed by atoms with Crippen LogP contribution in [0.1, 0.15) is 41.5 Å². The molecule has 12 heavy (non-hydrogen) atoms. The highest BCUT2D eigenvalue weighted by Crippen LogP contribution is 2.39. The van der Waals surface area contributed by atoms with Crippen molar-refractivity contribution in [2.24, 2.45) is 16.7 Å². The van der Waals surface area contributed by atoms with Crippen LogP contribution in [0.5, 0.6) is 0 Å². The van der Waals surface area contributed by atoms with Crippen molar-refractivity contribution in [2.45, 2.75) is 41.5 Å². The van der Waals surface area contributed by atoms with Crippen molar-refractivity contribution in [3.05, 3.63) is 0 Å². The van der Waals surface area contributed by atoms with E-state index < -0.39 is 11.9 Å². The Morgan fingerprint density at radius 1 is 1.00 bits per heavy atom. The van der Waals surface area contributed by atoms with Crippen LogP contribution in [-0.4, -0.2) is 5.97 Å². The summed E-state index contributed by atoms with van der Waals surface area (Å²) in [5.74, 6) is -1.36. The second-order valence-electron chi connectivity index (χ2n) is 5.48. The molecule has 0 aromatic carbocycles. The van der Waals surface area contributed by atoms with E-state index in [0.29, 0.717) is 0 Å². The summed E-state index contributed by atoms with van der Waals surface area (Å²) in [7, 11) is 0. The monoisotopic (exact) mass is 171 g/mol. The van der Waals surface area contributed by atoms with E-state index in [1.54, 1.807) is 0 Å². The van der Waals surface area contributed by atoms with Crippen LogP contribution in [0.15, 0.2) is 0 Å². The fraction of sp³-hybridized carbons (Fsp3) is 0.900. The largest absolute Gasteiger partial charge is 0.550 e. The molecule has 0 rings (SSSR count). The van der Waals surface area contributed by atoms with Crippen molar-refractivity contribution < 1.29 is 9.90 Å². The van der Waals surface area contributed by atoms with Crippen LogP contribution in [0.4, 0.5) is 0 Å². The molecule has 0 N–H and O–H groups in total. The SMILES string of the molecule is CC(C)(C)C(C(=O)[O-])C(C)(C)C. The van der Waals surface area contributed by atoms with Gasteiger partial charge in [0, 0.05) is 11.9 Å². The van der Waals surface area contributed by atoms with E-state index in [9.17, 15) is 9.90 Å². The summed E-state index contributed by atoms with van der Waals surface area (Å²) < 4.78 is 0. The molecule has 2 heteroatoms. The Morgan fingerprint density at radius 3 is 1.25 bits per heavy atom. The summed E-state index contributed by atoms with van der Waals surface area (Å²) in [5, 5.41) is 10.9. The molecule has 0 atom stereocenters. The molecule has 72 valence electrons. The smallest absolute Gasteiger partial charge is 0.0455 e. The quantitative estimate of drug-likeness (QED) is 0.599. The molecule has 2 nitrogen and oxygen atoms in total. The molecule has 0 radical (unpaired) electrons. The Labute approximate surface area is 75.0 Å². The lowest BCUT2D eigenvalue weighted by molar-refractivity contribution is -0.319. The molecule has 0 saturated carbocycles. The van der Waals surface area contributed by atoms with Crippen molar-refractivity contribution in [3.8, 4) is 0 Å². The van der Waals surface area contributed by atoms with Gasteiger partial charge in [-0.1, -0.05) is 41.5 Å². The van der Waals surface area contributed by atoms with Gasteiger partial charge in [-0.25, -0.2) is 0 Å². The number of carbonyl (C=O) groups excluding carboxylic acids is 1. The van der Waals surface area contributed by atoms with Gasteiger partial charge in [0.2, 0.25) is 0 Å². The molecule has 0 fully saturated rings. The molecule has 0 heterocycles. The van der Waals surface area contributed by atoms with Gasteiger partial charge in [0.15, 0.2) is 0 Å². The molecule has 0 bridgehead atoms. The van der Waals surface area contributed by atoms with Gasteiger partial charge in [-0.3, -0.25) is 0 Å². The van der Waals surface area contributed by atoms with Crippen LogP contribution < -0.4 is 5.11 Å². The predicted molar refractivity (Wildman–Crippen MR) is 47.4 cm³/mol. The first-order valence-corrected chi connectivity index (χ1v) is 4.27. The lowest BCUT2D eigenvalue weighted by Gasteiger charge is -2.41. The van der Waals surface area contributed by atoms with E-state index in [0.717, 1.165) is 0 Å². The third-order valence-corrected chi connectivity index (χ3v) is 1.97. The molecule has 0 aliphatic heterocycles. The highest BCUT2D eigenvalue weighted by atomic mass is 16.4. The summed E-state index contributed by atoms with van der Waals surface area (Å²) in [6.45, 7) is 11.6. The number of carboxylic acids is 1. The van der Waals surface area contributed by atoms with Crippen LogP contribution in [0.3, 0.4) is 0 Å². The summed E-state index contributed by atoms with van der Waals surface area (Å²) in [6, 6.07) is 0. The van der Waals surface area contributed by atoms with E-state index >= 15 is 0 Å². The van der Waals surface area contributed by atoms with Crippen LogP contribution in [0.25, 0.3) is 0 Å². The maximum atomic E-state index is 10.9. The highest BCUT2D eigenvalue weighted by molar-refractivity contribution is 5.69. The Hall–Kier alpha value is -0.530. The average molecular weight is 171 g/mol. The lowest BCUT2D eigenvalue weighted by atomic mass is 9.67. The first-order chi connectivity index (χ1) is 5.07. The van der Waals surface area contributed by atoms with Gasteiger partial charge in [-0.15, -0.1) is 0 Å². The van der Waals surface area contributed by atoms with E-state index in [4.69, 9.17) is 0 Å². The number of rotatable bonds is 1. The molecular weight excluding hydrogens is 152 g/mol. The molecule has 0 aromatic heterocycles. The molecule has 0 aromatic rings. The van der Waals surface area contributed by atoms with Gasteiger partial charge in [-0.05, 0) is 10.8 Å². The van der Waals surface area contributed by atoms with Gasteiger partial charge >= 0.3 is 0 Å². The Morgan fingerprint density at radius 2 is 1.25 bits per heavy atom. The van der Waals surface area contributed by atoms with E-state index in [-0.39, 0.29) is 10.8 Å². The molecular formula is C10H19O2-. The average Bonchev–Trinajstić information content (AvgIpc) is 1.49. The summed E-state index contributed by atoms with van der Waals surface area (Å²) in [5.41, 5.74) is -0.478. The fourth-order valence-electron chi connectivity index (χ4n) is 2.01. The van der Waals surface area contributed by atoms with Gasteiger partial charge in [0.25, 0.3) is 0 Å². The number of carbonyl (C=O) groups is 1. The van der Waals surface area contributed by atoms with Gasteiger partial charge in [0.1, 0.15) is 0 Å². The van der Waals surface area contributed by atoms with Crippen molar-refractivity contribution in [3.63, 3.8) is 0 Å². The second kappa shape index (κ2) is 3.08. The van der Waals surface area contributed by atoms with Crippen molar-refractivity contribution in [1.82, 2.24) is 0 Å². The zero-order chi connectivity index (χ0) is 10.2. The standard InChI is InChI=1S/C10H20O2/c1-9(2,3)7(8(11)12)10(4,5)6/h7H,1-6H3,(H,11,12)/p-1. The molecule has 0 aliphatic carbocycles. The van der Waals surface area contributed by atoms with E-state index in [1.807, 2.05) is 41.5 Å². The van der Waals surface area contributed by atoms with Crippen molar-refractivity contribution in [2.75, 3.05) is 0 Å². The topological polar surface area (TPSA) is 40.1 Å². The fourth-order valence-corrected chi connectivity index (χ4v) is 2.01. The normalized spacial score (nSPS) is 13.6. The Kier molecular flexibility index (Phi) is 2.94.